The lowest BCUT2D eigenvalue weighted by Crippen LogP contribution is -2.55. The largest absolute Gasteiger partial charge is 0.362 e. The van der Waals surface area contributed by atoms with Crippen LogP contribution in [0.15, 0.2) is 28.7 Å². The van der Waals surface area contributed by atoms with E-state index in [-0.39, 0.29) is 18.1 Å². The highest BCUT2D eigenvalue weighted by molar-refractivity contribution is 9.10. The highest BCUT2D eigenvalue weighted by Crippen LogP contribution is 2.29. The summed E-state index contributed by atoms with van der Waals surface area (Å²) in [5, 5.41) is 3.31. The van der Waals surface area contributed by atoms with Crippen molar-refractivity contribution in [3.8, 4) is 0 Å². The number of nitrogens with zero attached hydrogens (tertiary/aromatic N) is 1. The van der Waals surface area contributed by atoms with Gasteiger partial charge in [0.05, 0.1) is 6.54 Å². The molecule has 0 aliphatic carbocycles. The zero-order valence-electron chi connectivity index (χ0n) is 9.99. The van der Waals surface area contributed by atoms with Gasteiger partial charge in [0, 0.05) is 16.7 Å². The Kier molecular flexibility index (Phi) is 3.13. The number of anilines is 1. The molecule has 4 nitrogen and oxygen atoms in total. The molecule has 5 heteroatoms. The minimum Gasteiger partial charge on any atom is -0.362 e. The van der Waals surface area contributed by atoms with Crippen LogP contribution in [0, 0.1) is 0 Å². The van der Waals surface area contributed by atoms with Gasteiger partial charge in [0.2, 0.25) is 0 Å². The Morgan fingerprint density at radius 2 is 2.11 bits per heavy atom. The Morgan fingerprint density at radius 1 is 1.33 bits per heavy atom. The van der Waals surface area contributed by atoms with E-state index in [9.17, 15) is 4.79 Å². The predicted octanol–water partition coefficient (Wildman–Crippen LogP) is 1.54. The second kappa shape index (κ2) is 4.64. The van der Waals surface area contributed by atoms with Gasteiger partial charge in [-0.3, -0.25) is 4.79 Å². The highest BCUT2D eigenvalue weighted by Gasteiger charge is 2.42. The van der Waals surface area contributed by atoms with Gasteiger partial charge in [-0.15, -0.1) is 0 Å². The molecule has 1 N–H and O–H groups in total. The van der Waals surface area contributed by atoms with Crippen LogP contribution >= 0.6 is 15.9 Å². The fourth-order valence-corrected chi connectivity index (χ4v) is 2.81. The third-order valence-electron chi connectivity index (χ3n) is 3.59. The van der Waals surface area contributed by atoms with Crippen molar-refractivity contribution in [2.75, 3.05) is 31.1 Å². The molecule has 18 heavy (non-hydrogen) atoms. The third kappa shape index (κ3) is 2.18. The first-order valence-corrected chi connectivity index (χ1v) is 6.89. The van der Waals surface area contributed by atoms with Crippen molar-refractivity contribution >= 4 is 27.5 Å². The maximum atomic E-state index is 12.0. The van der Waals surface area contributed by atoms with Crippen molar-refractivity contribution in [1.82, 2.24) is 5.32 Å². The molecule has 1 spiro atoms. The zero-order chi connectivity index (χ0) is 12.6. The van der Waals surface area contributed by atoms with E-state index in [1.54, 1.807) is 0 Å². The number of rotatable bonds is 1. The van der Waals surface area contributed by atoms with Crippen molar-refractivity contribution in [3.05, 3.63) is 28.7 Å². The monoisotopic (exact) mass is 310 g/mol. The van der Waals surface area contributed by atoms with Gasteiger partial charge in [0.25, 0.3) is 5.91 Å². The van der Waals surface area contributed by atoms with E-state index in [2.05, 4.69) is 21.2 Å². The average Bonchev–Trinajstić information content (AvgIpc) is 2.82. The molecule has 96 valence electrons. The van der Waals surface area contributed by atoms with Crippen LogP contribution in [0.4, 0.5) is 5.69 Å². The molecule has 2 aliphatic rings. The fourth-order valence-electron chi connectivity index (χ4n) is 2.55. The number of amides is 1. The number of carbonyl (C=O) groups is 1. The van der Waals surface area contributed by atoms with Crippen molar-refractivity contribution in [3.63, 3.8) is 0 Å². The smallest absolute Gasteiger partial charge is 0.253 e. The summed E-state index contributed by atoms with van der Waals surface area (Å²) in [6.45, 7) is 2.61. The number of ether oxygens (including phenoxy) is 1. The lowest BCUT2D eigenvalue weighted by molar-refractivity contribution is -0.136. The van der Waals surface area contributed by atoms with Crippen LogP contribution in [0.3, 0.4) is 0 Å². The molecule has 0 radical (unpaired) electrons. The van der Waals surface area contributed by atoms with Crippen molar-refractivity contribution in [1.29, 1.82) is 0 Å². The van der Waals surface area contributed by atoms with Gasteiger partial charge in [-0.25, -0.2) is 0 Å². The molecule has 1 atom stereocenters. The number of hydrogen-bond donors (Lipinski definition) is 1. The van der Waals surface area contributed by atoms with E-state index in [4.69, 9.17) is 4.74 Å². The molecule has 1 aromatic carbocycles. The van der Waals surface area contributed by atoms with Gasteiger partial charge in [-0.1, -0.05) is 15.9 Å². The maximum absolute atomic E-state index is 12.0. The van der Waals surface area contributed by atoms with Gasteiger partial charge >= 0.3 is 0 Å². The fraction of sp³-hybridized carbons (Fsp3) is 0.462. The molecule has 0 aromatic heterocycles. The summed E-state index contributed by atoms with van der Waals surface area (Å²) >= 11 is 3.41. The van der Waals surface area contributed by atoms with Gasteiger partial charge in [0.1, 0.15) is 12.2 Å². The lowest BCUT2D eigenvalue weighted by atomic mass is 10.00. The van der Waals surface area contributed by atoms with Crippen LogP contribution in [0.1, 0.15) is 6.42 Å². The standard InChI is InChI=1S/C13H15BrN2O2/c14-10-1-3-11(4-2-10)16-9-13(5-6-15-8-13)18-7-12(16)17/h1-4,15H,5-9H2. The van der Waals surface area contributed by atoms with E-state index >= 15 is 0 Å². The number of halogens is 1. The van der Waals surface area contributed by atoms with Gasteiger partial charge < -0.3 is 15.0 Å². The summed E-state index contributed by atoms with van der Waals surface area (Å²) in [7, 11) is 0. The second-order valence-corrected chi connectivity index (χ2v) is 5.77. The van der Waals surface area contributed by atoms with Gasteiger partial charge in [-0.05, 0) is 37.2 Å². The number of benzene rings is 1. The Bertz CT molecular complexity index is 455. The third-order valence-corrected chi connectivity index (χ3v) is 4.12. The first kappa shape index (κ1) is 12.1. The SMILES string of the molecule is O=C1COC2(CCNC2)CN1c1ccc(Br)cc1. The predicted molar refractivity (Wildman–Crippen MR) is 72.7 cm³/mol. The first-order valence-electron chi connectivity index (χ1n) is 6.09. The Labute approximate surface area is 114 Å². The molecular weight excluding hydrogens is 296 g/mol. The van der Waals surface area contributed by atoms with Gasteiger partial charge in [0.15, 0.2) is 0 Å². The van der Waals surface area contributed by atoms with Crippen LogP contribution < -0.4 is 10.2 Å². The summed E-state index contributed by atoms with van der Waals surface area (Å²) in [5.74, 6) is 0.0369. The number of carbonyl (C=O) groups excluding carboxylic acids is 1. The molecule has 2 fully saturated rings. The quantitative estimate of drug-likeness (QED) is 0.855. The molecule has 0 bridgehead atoms. The molecule has 3 rings (SSSR count). The highest BCUT2D eigenvalue weighted by atomic mass is 79.9. The Balaban J connectivity index is 1.85. The van der Waals surface area contributed by atoms with Crippen LogP contribution in [-0.2, 0) is 9.53 Å². The summed E-state index contributed by atoms with van der Waals surface area (Å²) in [4.78, 5) is 13.8. The second-order valence-electron chi connectivity index (χ2n) is 4.85. The minimum atomic E-state index is -0.193. The summed E-state index contributed by atoms with van der Waals surface area (Å²) in [5.41, 5.74) is 0.749. The summed E-state index contributed by atoms with van der Waals surface area (Å²) < 4.78 is 6.77. The Morgan fingerprint density at radius 3 is 2.78 bits per heavy atom. The zero-order valence-corrected chi connectivity index (χ0v) is 11.6. The maximum Gasteiger partial charge on any atom is 0.253 e. The van der Waals surface area contributed by atoms with E-state index in [0.717, 1.165) is 29.7 Å². The molecule has 2 aliphatic heterocycles. The lowest BCUT2D eigenvalue weighted by Gasteiger charge is -2.39. The van der Waals surface area contributed by atoms with E-state index < -0.39 is 0 Å². The summed E-state index contributed by atoms with van der Waals surface area (Å²) in [6.07, 6.45) is 0.966. The van der Waals surface area contributed by atoms with Crippen LogP contribution in [0.25, 0.3) is 0 Å². The minimum absolute atomic E-state index is 0.0369. The van der Waals surface area contributed by atoms with Crippen LogP contribution in [0.5, 0.6) is 0 Å². The van der Waals surface area contributed by atoms with Crippen molar-refractivity contribution in [2.45, 2.75) is 12.0 Å². The van der Waals surface area contributed by atoms with Crippen molar-refractivity contribution in [2.24, 2.45) is 0 Å². The molecule has 1 unspecified atom stereocenters. The molecule has 2 saturated heterocycles. The van der Waals surface area contributed by atoms with E-state index in [0.29, 0.717) is 6.54 Å². The Hall–Kier alpha value is -0.910. The van der Waals surface area contributed by atoms with Crippen LogP contribution in [-0.4, -0.2) is 37.7 Å². The molecule has 1 aromatic rings. The van der Waals surface area contributed by atoms with Crippen molar-refractivity contribution < 1.29 is 9.53 Å². The van der Waals surface area contributed by atoms with Crippen LogP contribution in [0.2, 0.25) is 0 Å². The normalized spacial score (nSPS) is 28.1. The molecule has 0 saturated carbocycles. The first-order chi connectivity index (χ1) is 8.69. The van der Waals surface area contributed by atoms with E-state index in [1.807, 2.05) is 29.2 Å². The number of nitrogens with one attached hydrogen (secondary N) is 1. The van der Waals surface area contributed by atoms with Gasteiger partial charge in [-0.2, -0.15) is 0 Å². The molecular formula is C13H15BrN2O2. The average molecular weight is 311 g/mol. The molecule has 1 amide bonds. The topological polar surface area (TPSA) is 41.6 Å². The molecule has 2 heterocycles. The summed E-state index contributed by atoms with van der Waals surface area (Å²) in [6, 6.07) is 7.84. The number of morpholine rings is 1. The number of hydrogen-bond acceptors (Lipinski definition) is 3. The van der Waals surface area contributed by atoms with E-state index in [1.165, 1.54) is 0 Å².